The van der Waals surface area contributed by atoms with Crippen molar-refractivity contribution in [2.75, 3.05) is 18.6 Å². The van der Waals surface area contributed by atoms with Crippen molar-refractivity contribution in [2.24, 2.45) is 0 Å². The molecule has 0 unspecified atom stereocenters. The second kappa shape index (κ2) is 8.02. The van der Waals surface area contributed by atoms with Gasteiger partial charge in [-0.15, -0.1) is 0 Å². The molecule has 116 valence electrons. The van der Waals surface area contributed by atoms with E-state index in [1.54, 1.807) is 18.7 Å². The number of hydrogen-bond acceptors (Lipinski definition) is 5. The molecule has 0 radical (unpaired) electrons. The third-order valence-corrected chi connectivity index (χ3v) is 5.09. The van der Waals surface area contributed by atoms with Crippen LogP contribution in [0.5, 0.6) is 0 Å². The highest BCUT2D eigenvalue weighted by Crippen LogP contribution is 2.17. The predicted octanol–water partition coefficient (Wildman–Crippen LogP) is 1.25. The van der Waals surface area contributed by atoms with E-state index < -0.39 is 10.0 Å². The number of thioether (sulfide) groups is 1. The van der Waals surface area contributed by atoms with Crippen LogP contribution in [0.15, 0.2) is 4.90 Å². The molecule has 0 aromatic carbocycles. The highest BCUT2D eigenvalue weighted by atomic mass is 32.2. The number of rotatable bonds is 9. The molecule has 0 saturated carbocycles. The molecular weight excluding hydrogens is 296 g/mol. The lowest BCUT2D eigenvalue weighted by Gasteiger charge is -2.10. The maximum absolute atomic E-state index is 12.3. The van der Waals surface area contributed by atoms with Gasteiger partial charge in [0.05, 0.1) is 11.4 Å². The van der Waals surface area contributed by atoms with E-state index in [2.05, 4.69) is 20.2 Å². The van der Waals surface area contributed by atoms with E-state index in [9.17, 15) is 8.42 Å². The molecule has 20 heavy (non-hydrogen) atoms. The van der Waals surface area contributed by atoms with Gasteiger partial charge < -0.3 is 5.32 Å². The molecule has 1 aromatic heterocycles. The summed E-state index contributed by atoms with van der Waals surface area (Å²) in [5, 5.41) is 10.0. The van der Waals surface area contributed by atoms with Crippen LogP contribution < -0.4 is 10.0 Å². The molecule has 3 N–H and O–H groups in total. The van der Waals surface area contributed by atoms with Gasteiger partial charge in [-0.3, -0.25) is 5.10 Å². The minimum absolute atomic E-state index is 0.273. The first-order valence-electron chi connectivity index (χ1n) is 6.64. The summed E-state index contributed by atoms with van der Waals surface area (Å²) in [4.78, 5) is 0.273. The van der Waals surface area contributed by atoms with Crippen LogP contribution in [0.2, 0.25) is 0 Å². The first-order valence-corrected chi connectivity index (χ1v) is 9.52. The molecule has 0 aliphatic rings. The van der Waals surface area contributed by atoms with E-state index >= 15 is 0 Å². The lowest BCUT2D eigenvalue weighted by molar-refractivity contribution is 0.563. The fraction of sp³-hybridized carbons (Fsp3) is 0.750. The van der Waals surface area contributed by atoms with Crippen molar-refractivity contribution in [3.63, 3.8) is 0 Å². The average Bonchev–Trinajstić information content (AvgIpc) is 2.74. The van der Waals surface area contributed by atoms with Crippen molar-refractivity contribution >= 4 is 21.8 Å². The second-order valence-electron chi connectivity index (χ2n) is 4.90. The zero-order chi connectivity index (χ0) is 15.2. The minimum atomic E-state index is -3.50. The summed E-state index contributed by atoms with van der Waals surface area (Å²) < 4.78 is 27.3. The Labute approximate surface area is 125 Å². The van der Waals surface area contributed by atoms with Gasteiger partial charge in [0.25, 0.3) is 0 Å². The molecule has 0 fully saturated rings. The van der Waals surface area contributed by atoms with Crippen molar-refractivity contribution in [2.45, 2.75) is 44.7 Å². The molecule has 8 heteroatoms. The predicted molar refractivity (Wildman–Crippen MR) is 83.5 cm³/mol. The Hall–Kier alpha value is -0.570. The van der Waals surface area contributed by atoms with Crippen molar-refractivity contribution in [1.29, 1.82) is 0 Å². The lowest BCUT2D eigenvalue weighted by Crippen LogP contribution is -2.28. The van der Waals surface area contributed by atoms with E-state index in [1.165, 1.54) is 0 Å². The van der Waals surface area contributed by atoms with Crippen molar-refractivity contribution < 1.29 is 8.42 Å². The molecular formula is C12H24N4O2S2. The van der Waals surface area contributed by atoms with E-state index in [0.717, 1.165) is 12.2 Å². The number of aromatic amines is 1. The Balaban J connectivity index is 2.79. The van der Waals surface area contributed by atoms with Gasteiger partial charge in [0.2, 0.25) is 10.0 Å². The molecule has 1 heterocycles. The van der Waals surface area contributed by atoms with Gasteiger partial charge in [0.15, 0.2) is 0 Å². The van der Waals surface area contributed by atoms with Crippen molar-refractivity contribution in [3.8, 4) is 0 Å². The van der Waals surface area contributed by atoms with Gasteiger partial charge in [-0.1, -0.05) is 13.8 Å². The Kier molecular flexibility index (Phi) is 7.01. The summed E-state index contributed by atoms with van der Waals surface area (Å²) in [6.45, 7) is 6.62. The molecule has 0 saturated heterocycles. The first kappa shape index (κ1) is 17.5. The topological polar surface area (TPSA) is 86.9 Å². The number of nitrogens with zero attached hydrogens (tertiary/aromatic N) is 1. The molecule has 0 atom stereocenters. The molecule has 1 aromatic rings. The van der Waals surface area contributed by atoms with Crippen LogP contribution in [0.1, 0.15) is 31.7 Å². The fourth-order valence-corrected chi connectivity index (χ4v) is 3.61. The van der Waals surface area contributed by atoms with Gasteiger partial charge in [-0.25, -0.2) is 13.1 Å². The zero-order valence-corrected chi connectivity index (χ0v) is 14.1. The van der Waals surface area contributed by atoms with Gasteiger partial charge in [-0.05, 0) is 25.4 Å². The summed E-state index contributed by atoms with van der Waals surface area (Å²) in [6.07, 6.45) is 2.82. The minimum Gasteiger partial charge on any atom is -0.309 e. The third kappa shape index (κ3) is 5.08. The Morgan fingerprint density at radius 2 is 2.10 bits per heavy atom. The molecule has 0 aliphatic heterocycles. The normalized spacial score (nSPS) is 12.2. The van der Waals surface area contributed by atoms with Crippen LogP contribution >= 0.6 is 11.8 Å². The SMILES string of the molecule is CSCCCNS(=O)(=O)c1c(CNC(C)C)n[nH]c1C. The summed E-state index contributed by atoms with van der Waals surface area (Å²) in [5.74, 6) is 0.939. The molecule has 0 spiro atoms. The quantitative estimate of drug-likeness (QED) is 0.596. The van der Waals surface area contributed by atoms with E-state index in [1.807, 2.05) is 20.1 Å². The van der Waals surface area contributed by atoms with E-state index in [0.29, 0.717) is 24.5 Å². The lowest BCUT2D eigenvalue weighted by atomic mass is 10.3. The smallest absolute Gasteiger partial charge is 0.244 e. The van der Waals surface area contributed by atoms with Crippen LogP contribution in [0.4, 0.5) is 0 Å². The maximum atomic E-state index is 12.3. The van der Waals surface area contributed by atoms with Crippen molar-refractivity contribution in [1.82, 2.24) is 20.2 Å². The second-order valence-corrected chi connectivity index (χ2v) is 7.59. The summed E-state index contributed by atoms with van der Waals surface area (Å²) in [5.41, 5.74) is 1.11. The van der Waals surface area contributed by atoms with E-state index in [4.69, 9.17) is 0 Å². The monoisotopic (exact) mass is 320 g/mol. The van der Waals surface area contributed by atoms with Crippen LogP contribution in [-0.4, -0.2) is 43.2 Å². The molecule has 0 amide bonds. The van der Waals surface area contributed by atoms with Crippen LogP contribution in [-0.2, 0) is 16.6 Å². The molecule has 0 aliphatic carbocycles. The highest BCUT2D eigenvalue weighted by Gasteiger charge is 2.23. The van der Waals surface area contributed by atoms with Crippen LogP contribution in [0.3, 0.4) is 0 Å². The van der Waals surface area contributed by atoms with Crippen LogP contribution in [0.25, 0.3) is 0 Å². The number of H-pyrrole nitrogens is 1. The highest BCUT2D eigenvalue weighted by molar-refractivity contribution is 7.98. The third-order valence-electron chi connectivity index (χ3n) is 2.73. The average molecular weight is 320 g/mol. The van der Waals surface area contributed by atoms with Gasteiger partial charge in [0.1, 0.15) is 4.90 Å². The molecule has 0 bridgehead atoms. The summed E-state index contributed by atoms with van der Waals surface area (Å²) in [6, 6.07) is 0.275. The Morgan fingerprint density at radius 1 is 1.40 bits per heavy atom. The standard InChI is InChI=1S/C12H24N4O2S2/c1-9(2)13-8-11-12(10(3)15-16-11)20(17,18)14-6-5-7-19-4/h9,13-14H,5-8H2,1-4H3,(H,15,16). The molecule has 6 nitrogen and oxygen atoms in total. The number of aryl methyl sites for hydroxylation is 1. The summed E-state index contributed by atoms with van der Waals surface area (Å²) >= 11 is 1.70. The first-order chi connectivity index (χ1) is 9.38. The van der Waals surface area contributed by atoms with E-state index in [-0.39, 0.29) is 10.9 Å². The number of hydrogen-bond donors (Lipinski definition) is 3. The van der Waals surface area contributed by atoms with Crippen LogP contribution in [0, 0.1) is 6.92 Å². The Morgan fingerprint density at radius 3 is 2.70 bits per heavy atom. The zero-order valence-electron chi connectivity index (χ0n) is 12.5. The van der Waals surface area contributed by atoms with Crippen molar-refractivity contribution in [3.05, 3.63) is 11.4 Å². The number of sulfonamides is 1. The maximum Gasteiger partial charge on any atom is 0.244 e. The Bertz CT molecular complexity index is 512. The molecule has 1 rings (SSSR count). The largest absolute Gasteiger partial charge is 0.309 e. The van der Waals surface area contributed by atoms with Gasteiger partial charge in [-0.2, -0.15) is 16.9 Å². The van der Waals surface area contributed by atoms with Gasteiger partial charge >= 0.3 is 0 Å². The summed E-state index contributed by atoms with van der Waals surface area (Å²) in [7, 11) is -3.50. The number of aromatic nitrogens is 2. The fourth-order valence-electron chi connectivity index (χ4n) is 1.74. The van der Waals surface area contributed by atoms with Gasteiger partial charge in [0, 0.05) is 19.1 Å². The number of nitrogens with one attached hydrogen (secondary N) is 3.